The summed E-state index contributed by atoms with van der Waals surface area (Å²) in [5.41, 5.74) is 1.50. The second-order valence-corrected chi connectivity index (χ2v) is 7.04. The lowest BCUT2D eigenvalue weighted by molar-refractivity contribution is 0.101. The predicted molar refractivity (Wildman–Crippen MR) is 102 cm³/mol. The molecule has 2 saturated heterocycles. The first-order valence-electron chi connectivity index (χ1n) is 9.31. The first-order chi connectivity index (χ1) is 12.5. The zero-order chi connectivity index (χ0) is 18.5. The molecule has 1 atom stereocenters. The van der Waals surface area contributed by atoms with E-state index in [1.165, 1.54) is 0 Å². The summed E-state index contributed by atoms with van der Waals surface area (Å²) in [6, 6.07) is 7.27. The molecule has 2 heterocycles. The lowest BCUT2D eigenvalue weighted by atomic mass is 10.1. The van der Waals surface area contributed by atoms with Crippen LogP contribution in [0.15, 0.2) is 24.3 Å². The molecule has 7 nitrogen and oxygen atoms in total. The normalized spacial score (nSPS) is 19.9. The van der Waals surface area contributed by atoms with E-state index in [9.17, 15) is 9.59 Å². The van der Waals surface area contributed by atoms with E-state index in [2.05, 4.69) is 5.32 Å². The number of nitrogens with one attached hydrogen (secondary N) is 1. The van der Waals surface area contributed by atoms with Crippen LogP contribution < -0.4 is 10.2 Å². The van der Waals surface area contributed by atoms with E-state index in [-0.39, 0.29) is 12.1 Å². The number of likely N-dealkylation sites (N-methyl/N-ethyl adjacent to an activating group) is 1. The van der Waals surface area contributed by atoms with Crippen LogP contribution in [0.1, 0.15) is 25.7 Å². The molecule has 0 radical (unpaired) electrons. The summed E-state index contributed by atoms with van der Waals surface area (Å²) in [5, 5.41) is 2.91. The second kappa shape index (κ2) is 8.40. The number of amides is 4. The third-order valence-corrected chi connectivity index (χ3v) is 5.02. The van der Waals surface area contributed by atoms with Crippen LogP contribution in [0.3, 0.4) is 0 Å². The molecule has 26 heavy (non-hydrogen) atoms. The molecule has 2 aliphatic heterocycles. The molecular formula is C19H28N4O3. The second-order valence-electron chi connectivity index (χ2n) is 7.04. The number of benzene rings is 1. The summed E-state index contributed by atoms with van der Waals surface area (Å²) in [7, 11) is 3.59. The van der Waals surface area contributed by atoms with E-state index in [4.69, 9.17) is 4.74 Å². The van der Waals surface area contributed by atoms with Crippen molar-refractivity contribution < 1.29 is 14.3 Å². The first-order valence-corrected chi connectivity index (χ1v) is 9.31. The minimum Gasteiger partial charge on any atom is -0.378 e. The van der Waals surface area contributed by atoms with Crippen LogP contribution in [0.2, 0.25) is 0 Å². The molecule has 0 aliphatic carbocycles. The highest BCUT2D eigenvalue weighted by atomic mass is 16.5. The average Bonchev–Trinajstić information content (AvgIpc) is 3.26. The fourth-order valence-corrected chi connectivity index (χ4v) is 3.39. The van der Waals surface area contributed by atoms with Crippen molar-refractivity contribution in [2.75, 3.05) is 50.6 Å². The highest BCUT2D eigenvalue weighted by Crippen LogP contribution is 2.23. The topological polar surface area (TPSA) is 65.1 Å². The molecule has 1 aromatic carbocycles. The Hall–Kier alpha value is -2.28. The molecular weight excluding hydrogens is 332 g/mol. The Kier molecular flexibility index (Phi) is 5.98. The van der Waals surface area contributed by atoms with Crippen molar-refractivity contribution in [3.63, 3.8) is 0 Å². The molecule has 3 rings (SSSR count). The zero-order valence-electron chi connectivity index (χ0n) is 15.6. The van der Waals surface area contributed by atoms with Gasteiger partial charge in [0.2, 0.25) is 0 Å². The van der Waals surface area contributed by atoms with Gasteiger partial charge in [-0.25, -0.2) is 9.59 Å². The van der Waals surface area contributed by atoms with Crippen molar-refractivity contribution in [2.24, 2.45) is 0 Å². The van der Waals surface area contributed by atoms with Gasteiger partial charge < -0.3 is 19.9 Å². The standard InChI is InChI=1S/C19H28N4O3/c1-21(10-4-8-17-9-5-13-26-17)18(24)20-15-6-3-7-16(14-15)23-12-11-22(2)19(23)25/h3,6-7,14,17H,4-5,8-13H2,1-2H3,(H,20,24)/t17-/m1/s1. The number of carbonyl (C=O) groups is 2. The largest absolute Gasteiger partial charge is 0.378 e. The molecule has 0 aromatic heterocycles. The number of ether oxygens (including phenoxy) is 1. The van der Waals surface area contributed by atoms with Crippen molar-refractivity contribution in [3.8, 4) is 0 Å². The Morgan fingerprint density at radius 3 is 2.92 bits per heavy atom. The van der Waals surface area contributed by atoms with Gasteiger partial charge in [0.25, 0.3) is 0 Å². The van der Waals surface area contributed by atoms with Gasteiger partial charge in [-0.15, -0.1) is 0 Å². The molecule has 1 N–H and O–H groups in total. The Morgan fingerprint density at radius 2 is 2.23 bits per heavy atom. The van der Waals surface area contributed by atoms with Gasteiger partial charge in [-0.2, -0.15) is 0 Å². The lowest BCUT2D eigenvalue weighted by Gasteiger charge is -2.20. The fourth-order valence-electron chi connectivity index (χ4n) is 3.39. The van der Waals surface area contributed by atoms with Crippen molar-refractivity contribution in [2.45, 2.75) is 31.8 Å². The van der Waals surface area contributed by atoms with Gasteiger partial charge >= 0.3 is 12.1 Å². The number of anilines is 2. The zero-order valence-corrected chi connectivity index (χ0v) is 15.6. The maximum absolute atomic E-state index is 12.4. The average molecular weight is 360 g/mol. The van der Waals surface area contributed by atoms with E-state index < -0.39 is 0 Å². The summed E-state index contributed by atoms with van der Waals surface area (Å²) in [5.74, 6) is 0. The summed E-state index contributed by atoms with van der Waals surface area (Å²) < 4.78 is 5.61. The molecule has 0 spiro atoms. The minimum atomic E-state index is -0.139. The summed E-state index contributed by atoms with van der Waals surface area (Å²) in [6.45, 7) is 2.94. The van der Waals surface area contributed by atoms with Gasteiger partial charge in [-0.3, -0.25) is 4.90 Å². The van der Waals surface area contributed by atoms with Crippen LogP contribution >= 0.6 is 0 Å². The molecule has 7 heteroatoms. The SMILES string of the molecule is CN(CCC[C@@H]1CCCO1)C(=O)Nc1cccc(N2CCN(C)C2=O)c1. The van der Waals surface area contributed by atoms with Crippen LogP contribution in [-0.2, 0) is 4.74 Å². The van der Waals surface area contributed by atoms with Gasteiger partial charge in [0, 0.05) is 51.7 Å². The summed E-state index contributed by atoms with van der Waals surface area (Å²) >= 11 is 0. The van der Waals surface area contributed by atoms with Gasteiger partial charge in [0.15, 0.2) is 0 Å². The van der Waals surface area contributed by atoms with Gasteiger partial charge in [-0.05, 0) is 43.9 Å². The Balaban J connectivity index is 1.50. The molecule has 0 unspecified atom stereocenters. The molecule has 4 amide bonds. The Morgan fingerprint density at radius 1 is 1.38 bits per heavy atom. The Bertz CT molecular complexity index is 645. The number of nitrogens with zero attached hydrogens (tertiary/aromatic N) is 3. The number of rotatable bonds is 6. The molecule has 0 saturated carbocycles. The monoisotopic (exact) mass is 360 g/mol. The third kappa shape index (κ3) is 4.46. The van der Waals surface area contributed by atoms with E-state index in [0.29, 0.717) is 31.4 Å². The van der Waals surface area contributed by atoms with Gasteiger partial charge in [0.05, 0.1) is 6.10 Å². The first kappa shape index (κ1) is 18.5. The third-order valence-electron chi connectivity index (χ3n) is 5.02. The molecule has 1 aromatic rings. The van der Waals surface area contributed by atoms with Gasteiger partial charge in [-0.1, -0.05) is 6.07 Å². The number of carbonyl (C=O) groups excluding carboxylic acids is 2. The van der Waals surface area contributed by atoms with E-state index >= 15 is 0 Å². The van der Waals surface area contributed by atoms with E-state index in [1.54, 1.807) is 28.8 Å². The molecule has 2 fully saturated rings. The maximum atomic E-state index is 12.4. The van der Waals surface area contributed by atoms with Crippen LogP contribution in [-0.4, -0.2) is 68.3 Å². The van der Waals surface area contributed by atoms with Crippen LogP contribution in [0.5, 0.6) is 0 Å². The predicted octanol–water partition coefficient (Wildman–Crippen LogP) is 2.98. The summed E-state index contributed by atoms with van der Waals surface area (Å²) in [6.07, 6.45) is 4.57. The minimum absolute atomic E-state index is 0.0141. The fraction of sp³-hybridized carbons (Fsp3) is 0.579. The number of urea groups is 2. The highest BCUT2D eigenvalue weighted by Gasteiger charge is 2.26. The van der Waals surface area contributed by atoms with Crippen molar-refractivity contribution in [1.29, 1.82) is 0 Å². The van der Waals surface area contributed by atoms with Crippen LogP contribution in [0.4, 0.5) is 21.0 Å². The van der Waals surface area contributed by atoms with Crippen molar-refractivity contribution in [1.82, 2.24) is 9.80 Å². The molecule has 0 bridgehead atoms. The maximum Gasteiger partial charge on any atom is 0.324 e. The molecule has 2 aliphatic rings. The van der Waals surface area contributed by atoms with E-state index in [0.717, 1.165) is 38.0 Å². The Labute approximate surface area is 154 Å². The molecule has 142 valence electrons. The summed E-state index contributed by atoms with van der Waals surface area (Å²) in [4.78, 5) is 29.6. The number of hydrogen-bond donors (Lipinski definition) is 1. The lowest BCUT2D eigenvalue weighted by Crippen LogP contribution is -2.32. The highest BCUT2D eigenvalue weighted by molar-refractivity contribution is 5.95. The van der Waals surface area contributed by atoms with E-state index in [1.807, 2.05) is 24.3 Å². The van der Waals surface area contributed by atoms with Crippen molar-refractivity contribution in [3.05, 3.63) is 24.3 Å². The van der Waals surface area contributed by atoms with Crippen LogP contribution in [0, 0.1) is 0 Å². The smallest absolute Gasteiger partial charge is 0.324 e. The van der Waals surface area contributed by atoms with Gasteiger partial charge in [0.1, 0.15) is 0 Å². The quantitative estimate of drug-likeness (QED) is 0.848. The van der Waals surface area contributed by atoms with Crippen LogP contribution in [0.25, 0.3) is 0 Å². The number of hydrogen-bond acceptors (Lipinski definition) is 3. The van der Waals surface area contributed by atoms with Crippen molar-refractivity contribution >= 4 is 23.4 Å².